The third-order valence-corrected chi connectivity index (χ3v) is 4.41. The Morgan fingerprint density at radius 2 is 1.79 bits per heavy atom. The molecule has 1 aliphatic heterocycles. The summed E-state index contributed by atoms with van der Waals surface area (Å²) < 4.78 is 2.49. The van der Waals surface area contributed by atoms with E-state index in [1.54, 1.807) is 0 Å². The molecule has 74 valence electrons. The van der Waals surface area contributed by atoms with Gasteiger partial charge in [0.15, 0.2) is 0 Å². The van der Waals surface area contributed by atoms with Crippen LogP contribution in [0.1, 0.15) is 19.3 Å². The Labute approximate surface area is 89.6 Å². The second-order valence-electron chi connectivity index (χ2n) is 4.56. The second-order valence-corrected chi connectivity index (χ2v) is 5.73. The van der Waals surface area contributed by atoms with Gasteiger partial charge in [0.2, 0.25) is 0 Å². The molecule has 14 heavy (non-hydrogen) atoms. The van der Waals surface area contributed by atoms with E-state index in [2.05, 4.69) is 34.6 Å². The molecule has 0 aromatic heterocycles. The van der Waals surface area contributed by atoms with Crippen LogP contribution in [0, 0.1) is 5.41 Å². The molecule has 0 radical (unpaired) electrons. The van der Waals surface area contributed by atoms with E-state index < -0.39 is 0 Å². The highest BCUT2D eigenvalue weighted by molar-refractivity contribution is 7.97. The van der Waals surface area contributed by atoms with E-state index in [4.69, 9.17) is 0 Å². The lowest BCUT2D eigenvalue weighted by Gasteiger charge is -2.55. The van der Waals surface area contributed by atoms with E-state index in [1.807, 2.05) is 11.9 Å². The van der Waals surface area contributed by atoms with Crippen molar-refractivity contribution in [2.45, 2.75) is 24.2 Å². The Morgan fingerprint density at radius 1 is 1.07 bits per heavy atom. The van der Waals surface area contributed by atoms with Crippen LogP contribution < -0.4 is 0 Å². The third-order valence-electron chi connectivity index (χ3n) is 3.42. The maximum Gasteiger partial charge on any atom is 0.0230 e. The van der Waals surface area contributed by atoms with Gasteiger partial charge in [0, 0.05) is 18.0 Å². The molecule has 0 N–H and O–H groups in total. The molecule has 0 unspecified atom stereocenters. The van der Waals surface area contributed by atoms with Gasteiger partial charge in [-0.15, -0.1) is 0 Å². The van der Waals surface area contributed by atoms with Crippen LogP contribution in [-0.2, 0) is 0 Å². The second kappa shape index (κ2) is 3.28. The summed E-state index contributed by atoms with van der Waals surface area (Å²) in [4.78, 5) is 1.38. The topological polar surface area (TPSA) is 3.24 Å². The van der Waals surface area contributed by atoms with Crippen molar-refractivity contribution in [1.82, 2.24) is 4.31 Å². The third kappa shape index (κ3) is 1.47. The zero-order chi connectivity index (χ0) is 9.43. The lowest BCUT2D eigenvalue weighted by molar-refractivity contribution is -0.00153. The Kier molecular flexibility index (Phi) is 2.06. The predicted molar refractivity (Wildman–Crippen MR) is 60.2 cm³/mol. The van der Waals surface area contributed by atoms with Crippen LogP contribution in [0.5, 0.6) is 0 Å². The fourth-order valence-corrected chi connectivity index (χ4v) is 3.64. The summed E-state index contributed by atoms with van der Waals surface area (Å²) >= 11 is 1.92. The first kappa shape index (κ1) is 8.81. The molecule has 0 bridgehead atoms. The Hall–Kier alpha value is -0.470. The van der Waals surface area contributed by atoms with E-state index in [9.17, 15) is 0 Å². The molecule has 0 atom stereocenters. The van der Waals surface area contributed by atoms with Crippen LogP contribution in [0.25, 0.3) is 0 Å². The monoisotopic (exact) mass is 205 g/mol. The minimum absolute atomic E-state index is 0.752. The van der Waals surface area contributed by atoms with Crippen molar-refractivity contribution in [2.24, 2.45) is 5.41 Å². The minimum Gasteiger partial charge on any atom is -0.245 e. The number of nitrogens with zero attached hydrogens (tertiary/aromatic N) is 1. The molecule has 2 aliphatic rings. The molecule has 2 heteroatoms. The zero-order valence-electron chi connectivity index (χ0n) is 8.28. The fourth-order valence-electron chi connectivity index (χ4n) is 2.39. The van der Waals surface area contributed by atoms with Crippen molar-refractivity contribution in [1.29, 1.82) is 0 Å². The Morgan fingerprint density at radius 3 is 2.36 bits per heavy atom. The van der Waals surface area contributed by atoms with Crippen LogP contribution in [0.4, 0.5) is 0 Å². The van der Waals surface area contributed by atoms with Crippen molar-refractivity contribution in [2.75, 3.05) is 13.1 Å². The summed E-state index contributed by atoms with van der Waals surface area (Å²) in [6, 6.07) is 10.7. The molecule has 1 aromatic rings. The molecule has 1 heterocycles. The van der Waals surface area contributed by atoms with Crippen molar-refractivity contribution in [3.8, 4) is 0 Å². The Balaban J connectivity index is 1.56. The summed E-state index contributed by atoms with van der Waals surface area (Å²) in [6.07, 6.45) is 4.40. The molecule has 1 aliphatic carbocycles. The standard InChI is InChI=1S/C12H15NS/c1-2-5-11(6-3-1)14-13-9-12(10-13)7-4-8-12/h1-3,5-6H,4,7-10H2. The van der Waals surface area contributed by atoms with Gasteiger partial charge in [-0.25, -0.2) is 4.31 Å². The smallest absolute Gasteiger partial charge is 0.0230 e. The van der Waals surface area contributed by atoms with E-state index in [0.29, 0.717) is 0 Å². The first-order valence-corrected chi connectivity index (χ1v) is 6.12. The molecule has 1 saturated carbocycles. The van der Waals surface area contributed by atoms with Gasteiger partial charge in [0.05, 0.1) is 0 Å². The summed E-state index contributed by atoms with van der Waals surface area (Å²) in [5.41, 5.74) is 0.752. The number of hydrogen-bond acceptors (Lipinski definition) is 2. The molecule has 1 nitrogen and oxygen atoms in total. The van der Waals surface area contributed by atoms with Gasteiger partial charge in [0.25, 0.3) is 0 Å². The van der Waals surface area contributed by atoms with Gasteiger partial charge < -0.3 is 0 Å². The lowest BCUT2D eigenvalue weighted by atomic mass is 9.65. The van der Waals surface area contributed by atoms with Gasteiger partial charge in [0.1, 0.15) is 0 Å². The van der Waals surface area contributed by atoms with Crippen LogP contribution in [0.3, 0.4) is 0 Å². The SMILES string of the molecule is c1ccc(SN2CC3(CCC3)C2)cc1. The summed E-state index contributed by atoms with van der Waals surface area (Å²) in [6.45, 7) is 2.62. The van der Waals surface area contributed by atoms with Crippen molar-refractivity contribution in [3.05, 3.63) is 30.3 Å². The van der Waals surface area contributed by atoms with E-state index >= 15 is 0 Å². The number of hydrogen-bond donors (Lipinski definition) is 0. The highest BCUT2D eigenvalue weighted by Gasteiger charge is 2.47. The fraction of sp³-hybridized carbons (Fsp3) is 0.500. The van der Waals surface area contributed by atoms with Crippen LogP contribution in [0.2, 0.25) is 0 Å². The predicted octanol–water partition coefficient (Wildman–Crippen LogP) is 3.18. The van der Waals surface area contributed by atoms with E-state index in [0.717, 1.165) is 5.41 Å². The van der Waals surface area contributed by atoms with Crippen molar-refractivity contribution < 1.29 is 0 Å². The first-order valence-electron chi connectivity index (χ1n) is 5.34. The van der Waals surface area contributed by atoms with Crippen LogP contribution in [-0.4, -0.2) is 17.4 Å². The highest BCUT2D eigenvalue weighted by atomic mass is 32.2. The molecule has 0 amide bonds. The zero-order valence-corrected chi connectivity index (χ0v) is 9.09. The number of benzene rings is 1. The normalized spacial score (nSPS) is 24.3. The van der Waals surface area contributed by atoms with Gasteiger partial charge in [-0.2, -0.15) is 0 Å². The lowest BCUT2D eigenvalue weighted by Crippen LogP contribution is -2.56. The van der Waals surface area contributed by atoms with E-state index in [-0.39, 0.29) is 0 Å². The van der Waals surface area contributed by atoms with Crippen LogP contribution in [0.15, 0.2) is 35.2 Å². The van der Waals surface area contributed by atoms with Crippen LogP contribution >= 0.6 is 11.9 Å². The van der Waals surface area contributed by atoms with E-state index in [1.165, 1.54) is 37.2 Å². The average molecular weight is 205 g/mol. The molecule has 1 spiro atoms. The Bertz CT molecular complexity index is 310. The summed E-state index contributed by atoms with van der Waals surface area (Å²) in [5.74, 6) is 0. The van der Waals surface area contributed by atoms with Crippen molar-refractivity contribution in [3.63, 3.8) is 0 Å². The molecular formula is C12H15NS. The van der Waals surface area contributed by atoms with Gasteiger partial charge in [-0.3, -0.25) is 0 Å². The van der Waals surface area contributed by atoms with Gasteiger partial charge in [-0.05, 0) is 42.3 Å². The molecular weight excluding hydrogens is 190 g/mol. The largest absolute Gasteiger partial charge is 0.245 e. The molecule has 2 fully saturated rings. The summed E-state index contributed by atoms with van der Waals surface area (Å²) in [7, 11) is 0. The average Bonchev–Trinajstić information content (AvgIpc) is 2.09. The van der Waals surface area contributed by atoms with Gasteiger partial charge >= 0.3 is 0 Å². The first-order chi connectivity index (χ1) is 6.86. The summed E-state index contributed by atoms with van der Waals surface area (Å²) in [5, 5.41) is 0. The molecule has 1 saturated heterocycles. The highest BCUT2D eigenvalue weighted by Crippen LogP contribution is 2.51. The van der Waals surface area contributed by atoms with Crippen molar-refractivity contribution >= 4 is 11.9 Å². The quantitative estimate of drug-likeness (QED) is 0.682. The maximum absolute atomic E-state index is 2.49. The maximum atomic E-state index is 2.49. The number of rotatable bonds is 2. The molecule has 3 rings (SSSR count). The van der Waals surface area contributed by atoms with Gasteiger partial charge in [-0.1, -0.05) is 24.6 Å². The molecule has 1 aromatic carbocycles. The minimum atomic E-state index is 0.752.